The van der Waals surface area contributed by atoms with Crippen LogP contribution in [0.4, 0.5) is 11.8 Å². The zero-order valence-corrected chi connectivity index (χ0v) is 10.4. The maximum absolute atomic E-state index is 5.75. The lowest BCUT2D eigenvalue weighted by Gasteiger charge is -2.15. The Balaban J connectivity index is 1.95. The molecule has 0 amide bonds. The number of nitrogens with two attached hydrogens (primary N) is 1. The van der Waals surface area contributed by atoms with Gasteiger partial charge in [-0.2, -0.15) is 4.98 Å². The fourth-order valence-electron chi connectivity index (χ4n) is 2.45. The van der Waals surface area contributed by atoms with E-state index in [-0.39, 0.29) is 0 Å². The Hall–Kier alpha value is -1.88. The van der Waals surface area contributed by atoms with Crippen LogP contribution in [0.1, 0.15) is 6.42 Å². The molecule has 2 aromatic rings. The molecule has 1 saturated heterocycles. The molecule has 3 rings (SSSR count). The van der Waals surface area contributed by atoms with Crippen molar-refractivity contribution < 1.29 is 0 Å². The number of rotatable bonds is 2. The lowest BCUT2D eigenvalue weighted by atomic mass is 10.2. The summed E-state index contributed by atoms with van der Waals surface area (Å²) in [4.78, 5) is 10.9. The molecule has 1 aromatic carbocycles. The Labute approximate surface area is 106 Å². The zero-order chi connectivity index (χ0) is 12.5. The van der Waals surface area contributed by atoms with Crippen molar-refractivity contribution in [2.24, 2.45) is 0 Å². The summed E-state index contributed by atoms with van der Waals surface area (Å²) in [5.41, 5.74) is 6.64. The Bertz CT molecular complexity index is 568. The first-order valence-corrected chi connectivity index (χ1v) is 6.20. The highest BCUT2D eigenvalue weighted by molar-refractivity contribution is 5.89. The molecule has 94 valence electrons. The molecule has 1 aliphatic rings. The van der Waals surface area contributed by atoms with Gasteiger partial charge < -0.3 is 16.0 Å². The molecular weight excluding hydrogens is 226 g/mol. The minimum absolute atomic E-state index is 0.322. The third-order valence-corrected chi connectivity index (χ3v) is 3.35. The van der Waals surface area contributed by atoms with Gasteiger partial charge in [-0.1, -0.05) is 12.1 Å². The molecule has 1 aromatic heterocycles. The summed E-state index contributed by atoms with van der Waals surface area (Å²) < 4.78 is 0. The van der Waals surface area contributed by atoms with Crippen molar-refractivity contribution in [2.75, 3.05) is 31.2 Å². The first-order valence-electron chi connectivity index (χ1n) is 6.20. The summed E-state index contributed by atoms with van der Waals surface area (Å²) in [7, 11) is 2.13. The van der Waals surface area contributed by atoms with Gasteiger partial charge in [0.15, 0.2) is 0 Å². The van der Waals surface area contributed by atoms with Crippen LogP contribution in [0.25, 0.3) is 10.9 Å². The number of likely N-dealkylation sites (tertiary alicyclic amines) is 1. The number of likely N-dealkylation sites (N-methyl/N-ethyl adjacent to an activating group) is 1. The monoisotopic (exact) mass is 243 g/mol. The Kier molecular flexibility index (Phi) is 2.76. The Morgan fingerprint density at radius 3 is 2.94 bits per heavy atom. The highest BCUT2D eigenvalue weighted by Crippen LogP contribution is 2.23. The number of para-hydroxylation sites is 1. The van der Waals surface area contributed by atoms with Crippen molar-refractivity contribution >= 4 is 22.7 Å². The summed E-state index contributed by atoms with van der Waals surface area (Å²) in [6.07, 6.45) is 1.13. The van der Waals surface area contributed by atoms with E-state index in [2.05, 4.69) is 27.2 Å². The maximum atomic E-state index is 5.75. The predicted molar refractivity (Wildman–Crippen MR) is 73.5 cm³/mol. The number of nitrogen functional groups attached to an aromatic ring is 1. The number of nitrogens with zero attached hydrogens (tertiary/aromatic N) is 3. The van der Waals surface area contributed by atoms with Gasteiger partial charge in [0.2, 0.25) is 5.95 Å². The van der Waals surface area contributed by atoms with Crippen molar-refractivity contribution in [3.63, 3.8) is 0 Å². The van der Waals surface area contributed by atoms with Crippen molar-refractivity contribution in [3.05, 3.63) is 24.3 Å². The molecule has 3 N–H and O–H groups in total. The molecule has 1 atom stereocenters. The molecule has 2 heterocycles. The summed E-state index contributed by atoms with van der Waals surface area (Å²) in [6.45, 7) is 2.16. The molecule has 1 aliphatic heterocycles. The number of hydrogen-bond donors (Lipinski definition) is 2. The van der Waals surface area contributed by atoms with Crippen molar-refractivity contribution in [3.8, 4) is 0 Å². The first kappa shape index (κ1) is 11.2. The second-order valence-electron chi connectivity index (χ2n) is 4.84. The summed E-state index contributed by atoms with van der Waals surface area (Å²) in [5, 5.41) is 4.51. The van der Waals surface area contributed by atoms with Crippen LogP contribution in [0.2, 0.25) is 0 Å². The highest BCUT2D eigenvalue weighted by atomic mass is 15.2. The lowest BCUT2D eigenvalue weighted by molar-refractivity contribution is 0.414. The highest BCUT2D eigenvalue weighted by Gasteiger charge is 2.20. The SMILES string of the molecule is CN1CCC(Nc2nc(N)nc3ccccc23)C1. The van der Waals surface area contributed by atoms with E-state index in [9.17, 15) is 0 Å². The van der Waals surface area contributed by atoms with Gasteiger partial charge in [-0.05, 0) is 32.1 Å². The van der Waals surface area contributed by atoms with Gasteiger partial charge in [-0.15, -0.1) is 0 Å². The van der Waals surface area contributed by atoms with Crippen LogP contribution in [0.5, 0.6) is 0 Å². The van der Waals surface area contributed by atoms with E-state index < -0.39 is 0 Å². The molecule has 0 spiro atoms. The minimum atomic E-state index is 0.322. The van der Waals surface area contributed by atoms with E-state index in [0.717, 1.165) is 36.2 Å². The van der Waals surface area contributed by atoms with Crippen LogP contribution in [0.15, 0.2) is 24.3 Å². The van der Waals surface area contributed by atoms with Gasteiger partial charge >= 0.3 is 0 Å². The quantitative estimate of drug-likeness (QED) is 0.833. The third kappa shape index (κ3) is 2.09. The van der Waals surface area contributed by atoms with Crippen LogP contribution in [0, 0.1) is 0 Å². The number of fused-ring (bicyclic) bond motifs is 1. The molecule has 0 saturated carbocycles. The van der Waals surface area contributed by atoms with E-state index in [1.54, 1.807) is 0 Å². The molecule has 0 bridgehead atoms. The first-order chi connectivity index (χ1) is 8.72. The van der Waals surface area contributed by atoms with E-state index >= 15 is 0 Å². The number of anilines is 2. The van der Waals surface area contributed by atoms with Crippen molar-refractivity contribution in [1.82, 2.24) is 14.9 Å². The van der Waals surface area contributed by atoms with Crippen molar-refractivity contribution in [1.29, 1.82) is 0 Å². The molecule has 5 nitrogen and oxygen atoms in total. The number of aromatic nitrogens is 2. The largest absolute Gasteiger partial charge is 0.368 e. The van der Waals surface area contributed by atoms with Crippen molar-refractivity contribution in [2.45, 2.75) is 12.5 Å². The lowest BCUT2D eigenvalue weighted by Crippen LogP contribution is -2.24. The van der Waals surface area contributed by atoms with Crippen LogP contribution >= 0.6 is 0 Å². The maximum Gasteiger partial charge on any atom is 0.222 e. The second kappa shape index (κ2) is 4.42. The minimum Gasteiger partial charge on any atom is -0.368 e. The normalized spacial score (nSPS) is 20.4. The molecule has 1 fully saturated rings. The average molecular weight is 243 g/mol. The van der Waals surface area contributed by atoms with E-state index in [1.807, 2.05) is 24.3 Å². The third-order valence-electron chi connectivity index (χ3n) is 3.35. The topological polar surface area (TPSA) is 67.1 Å². The second-order valence-corrected chi connectivity index (χ2v) is 4.84. The smallest absolute Gasteiger partial charge is 0.222 e. The van der Waals surface area contributed by atoms with Crippen LogP contribution in [-0.2, 0) is 0 Å². The summed E-state index contributed by atoms with van der Waals surface area (Å²) >= 11 is 0. The zero-order valence-electron chi connectivity index (χ0n) is 10.4. The van der Waals surface area contributed by atoms with Gasteiger partial charge in [0.1, 0.15) is 5.82 Å². The summed E-state index contributed by atoms with van der Waals surface area (Å²) in [5.74, 6) is 1.17. The van der Waals surface area contributed by atoms with E-state index in [0.29, 0.717) is 12.0 Å². The van der Waals surface area contributed by atoms with Gasteiger partial charge in [0.25, 0.3) is 0 Å². The number of hydrogen-bond acceptors (Lipinski definition) is 5. The van der Waals surface area contributed by atoms with E-state index in [4.69, 9.17) is 5.73 Å². The van der Waals surface area contributed by atoms with Gasteiger partial charge in [0, 0.05) is 18.0 Å². The predicted octanol–water partition coefficient (Wildman–Crippen LogP) is 1.33. The van der Waals surface area contributed by atoms with Gasteiger partial charge in [0.05, 0.1) is 5.52 Å². The Morgan fingerprint density at radius 1 is 1.33 bits per heavy atom. The number of benzene rings is 1. The van der Waals surface area contributed by atoms with Gasteiger partial charge in [-0.25, -0.2) is 4.98 Å². The summed E-state index contributed by atoms with van der Waals surface area (Å²) in [6, 6.07) is 8.37. The molecule has 0 aliphatic carbocycles. The standard InChI is InChI=1S/C13H17N5/c1-18-7-6-9(8-18)15-12-10-4-2-3-5-11(10)16-13(14)17-12/h2-5,9H,6-8H2,1H3,(H3,14,15,16,17). The van der Waals surface area contributed by atoms with Gasteiger partial charge in [-0.3, -0.25) is 0 Å². The Morgan fingerprint density at radius 2 is 2.17 bits per heavy atom. The molecule has 0 radical (unpaired) electrons. The van der Waals surface area contributed by atoms with Crippen LogP contribution < -0.4 is 11.1 Å². The fourth-order valence-corrected chi connectivity index (χ4v) is 2.45. The average Bonchev–Trinajstić information content (AvgIpc) is 2.74. The van der Waals surface area contributed by atoms with Crippen LogP contribution in [0.3, 0.4) is 0 Å². The molecule has 18 heavy (non-hydrogen) atoms. The van der Waals surface area contributed by atoms with Crippen LogP contribution in [-0.4, -0.2) is 41.0 Å². The van der Waals surface area contributed by atoms with E-state index in [1.165, 1.54) is 0 Å². The molecule has 1 unspecified atom stereocenters. The number of nitrogens with one attached hydrogen (secondary N) is 1. The molecule has 5 heteroatoms. The molecular formula is C13H17N5. The fraction of sp³-hybridized carbons (Fsp3) is 0.385.